The van der Waals surface area contributed by atoms with Crippen LogP contribution in [0.2, 0.25) is 5.02 Å². The number of halogens is 1. The Kier molecular flexibility index (Phi) is 2.51. The van der Waals surface area contributed by atoms with E-state index in [9.17, 15) is 8.42 Å². The highest BCUT2D eigenvalue weighted by Gasteiger charge is 2.14. The molecule has 13 heavy (non-hydrogen) atoms. The van der Waals surface area contributed by atoms with E-state index in [2.05, 4.69) is 0 Å². The van der Waals surface area contributed by atoms with Gasteiger partial charge in [0.25, 0.3) is 0 Å². The molecule has 0 fully saturated rings. The summed E-state index contributed by atoms with van der Waals surface area (Å²) in [5.74, 6) is 0. The highest BCUT2D eigenvalue weighted by Crippen LogP contribution is 2.26. The number of benzene rings is 1. The minimum absolute atomic E-state index is 0.135. The van der Waals surface area contributed by atoms with Crippen molar-refractivity contribution in [2.75, 3.05) is 0 Å². The standard InChI is InChI=1S/C7H8ClN2O2S/c1-4-2-6(9)7(3-5(4)8)13(10,11)12/h2-3,9H,1H3,(H2,10,11,12). The van der Waals surface area contributed by atoms with Crippen LogP contribution in [0.3, 0.4) is 0 Å². The third-order valence-corrected chi connectivity index (χ3v) is 2.93. The Hall–Kier alpha value is -0.780. The molecule has 71 valence electrons. The van der Waals surface area contributed by atoms with Gasteiger partial charge in [0.1, 0.15) is 4.90 Å². The minimum Gasteiger partial charge on any atom is -0.299 e. The Labute approximate surface area is 81.5 Å². The molecule has 0 spiro atoms. The van der Waals surface area contributed by atoms with Crippen molar-refractivity contribution in [2.24, 2.45) is 5.14 Å². The summed E-state index contributed by atoms with van der Waals surface area (Å²) in [5, 5.41) is 5.16. The molecular weight excluding hydrogens is 212 g/mol. The van der Waals surface area contributed by atoms with Crippen LogP contribution in [0, 0.1) is 6.92 Å². The Morgan fingerprint density at radius 2 is 2.00 bits per heavy atom. The molecule has 1 radical (unpaired) electrons. The zero-order valence-corrected chi connectivity index (χ0v) is 8.41. The Morgan fingerprint density at radius 1 is 1.46 bits per heavy atom. The van der Waals surface area contributed by atoms with Crippen LogP contribution in [0.15, 0.2) is 17.0 Å². The van der Waals surface area contributed by atoms with Gasteiger partial charge >= 0.3 is 0 Å². The summed E-state index contributed by atoms with van der Waals surface area (Å²) in [6.45, 7) is 1.69. The molecule has 0 saturated carbocycles. The fraction of sp³-hybridized carbons (Fsp3) is 0.143. The number of sulfonamides is 1. The van der Waals surface area contributed by atoms with E-state index in [4.69, 9.17) is 22.5 Å². The molecule has 0 aromatic heterocycles. The van der Waals surface area contributed by atoms with Crippen LogP contribution >= 0.6 is 11.6 Å². The van der Waals surface area contributed by atoms with Crippen molar-refractivity contribution in [2.45, 2.75) is 11.8 Å². The van der Waals surface area contributed by atoms with Crippen molar-refractivity contribution in [3.63, 3.8) is 0 Å². The molecule has 0 saturated heterocycles. The van der Waals surface area contributed by atoms with Gasteiger partial charge in [0.05, 0.1) is 5.69 Å². The maximum atomic E-state index is 10.9. The van der Waals surface area contributed by atoms with Crippen LogP contribution in [0.5, 0.6) is 0 Å². The first-order valence-electron chi connectivity index (χ1n) is 3.37. The van der Waals surface area contributed by atoms with Crippen molar-refractivity contribution in [1.29, 1.82) is 0 Å². The monoisotopic (exact) mass is 219 g/mol. The first kappa shape index (κ1) is 10.3. The third-order valence-electron chi connectivity index (χ3n) is 1.57. The van der Waals surface area contributed by atoms with Gasteiger partial charge in [-0.25, -0.2) is 13.6 Å². The third kappa shape index (κ3) is 2.12. The first-order valence-corrected chi connectivity index (χ1v) is 5.29. The molecule has 4 nitrogen and oxygen atoms in total. The van der Waals surface area contributed by atoms with Gasteiger partial charge in [0, 0.05) is 5.02 Å². The number of nitrogens with one attached hydrogen (secondary N) is 1. The summed E-state index contributed by atoms with van der Waals surface area (Å²) >= 11 is 5.69. The van der Waals surface area contributed by atoms with Crippen LogP contribution in [0.1, 0.15) is 5.56 Å². The Balaban J connectivity index is 3.50. The lowest BCUT2D eigenvalue weighted by Gasteiger charge is -2.04. The second kappa shape index (κ2) is 3.17. The molecule has 1 rings (SSSR count). The number of aryl methyl sites for hydroxylation is 1. The van der Waals surface area contributed by atoms with E-state index in [1.54, 1.807) is 6.92 Å². The SMILES string of the molecule is Cc1cc([NH])c(S(N)(=O)=O)cc1Cl. The summed E-state index contributed by atoms with van der Waals surface area (Å²) in [6.07, 6.45) is 0. The molecular formula is C7H8ClN2O2S. The van der Waals surface area contributed by atoms with Crippen molar-refractivity contribution < 1.29 is 8.42 Å². The Morgan fingerprint density at radius 3 is 2.46 bits per heavy atom. The van der Waals surface area contributed by atoms with Crippen molar-refractivity contribution in [3.05, 3.63) is 22.7 Å². The second-order valence-electron chi connectivity index (χ2n) is 2.64. The van der Waals surface area contributed by atoms with Gasteiger partial charge in [-0.2, -0.15) is 0 Å². The summed E-state index contributed by atoms with van der Waals surface area (Å²) < 4.78 is 21.8. The largest absolute Gasteiger partial charge is 0.299 e. The number of hydrogen-bond acceptors (Lipinski definition) is 2. The van der Waals surface area contributed by atoms with E-state index >= 15 is 0 Å². The molecule has 1 aromatic rings. The summed E-state index contributed by atoms with van der Waals surface area (Å²) in [5.41, 5.74) is 7.86. The maximum absolute atomic E-state index is 10.9. The topological polar surface area (TPSA) is 84.0 Å². The van der Waals surface area contributed by atoms with Gasteiger partial charge in [-0.15, -0.1) is 0 Å². The van der Waals surface area contributed by atoms with Crippen molar-refractivity contribution in [3.8, 4) is 0 Å². The van der Waals surface area contributed by atoms with Crippen LogP contribution in [-0.4, -0.2) is 8.42 Å². The fourth-order valence-corrected chi connectivity index (χ4v) is 1.77. The molecule has 0 aliphatic carbocycles. The van der Waals surface area contributed by atoms with Gasteiger partial charge in [0.15, 0.2) is 0 Å². The molecule has 0 heterocycles. The molecule has 0 unspecified atom stereocenters. The van der Waals surface area contributed by atoms with Crippen molar-refractivity contribution in [1.82, 2.24) is 5.73 Å². The van der Waals surface area contributed by atoms with Crippen molar-refractivity contribution >= 4 is 27.3 Å². The summed E-state index contributed by atoms with van der Waals surface area (Å²) in [7, 11) is -3.84. The molecule has 3 N–H and O–H groups in total. The van der Waals surface area contributed by atoms with Gasteiger partial charge in [-0.3, -0.25) is 5.73 Å². The van der Waals surface area contributed by atoms with E-state index < -0.39 is 10.0 Å². The molecule has 0 aliphatic rings. The molecule has 0 amide bonds. The van der Waals surface area contributed by atoms with E-state index in [1.165, 1.54) is 12.1 Å². The maximum Gasteiger partial charge on any atom is 0.240 e. The summed E-state index contributed by atoms with van der Waals surface area (Å²) in [6, 6.07) is 2.55. The zero-order valence-electron chi connectivity index (χ0n) is 6.83. The number of rotatable bonds is 1. The molecule has 6 heteroatoms. The van der Waals surface area contributed by atoms with Gasteiger partial charge in [0.2, 0.25) is 10.0 Å². The highest BCUT2D eigenvalue weighted by atomic mass is 35.5. The average molecular weight is 220 g/mol. The molecule has 1 aromatic carbocycles. The lowest BCUT2D eigenvalue weighted by atomic mass is 10.2. The van der Waals surface area contributed by atoms with E-state index in [-0.39, 0.29) is 10.6 Å². The van der Waals surface area contributed by atoms with Crippen LogP contribution in [0.25, 0.3) is 0 Å². The number of primary sulfonamides is 1. The zero-order chi connectivity index (χ0) is 10.2. The lowest BCUT2D eigenvalue weighted by molar-refractivity contribution is 0.598. The normalized spacial score (nSPS) is 11.6. The Bertz CT molecular complexity index is 442. The molecule has 0 aliphatic heterocycles. The quantitative estimate of drug-likeness (QED) is 0.770. The lowest BCUT2D eigenvalue weighted by Crippen LogP contribution is -2.12. The van der Waals surface area contributed by atoms with Crippen LogP contribution in [0.4, 0.5) is 5.69 Å². The van der Waals surface area contributed by atoms with Gasteiger partial charge < -0.3 is 0 Å². The van der Waals surface area contributed by atoms with Gasteiger partial charge in [-0.1, -0.05) is 11.6 Å². The molecule has 0 bridgehead atoms. The predicted octanol–water partition coefficient (Wildman–Crippen LogP) is 1.21. The second-order valence-corrected chi connectivity index (χ2v) is 4.58. The highest BCUT2D eigenvalue weighted by molar-refractivity contribution is 7.89. The van der Waals surface area contributed by atoms with E-state index in [0.29, 0.717) is 10.6 Å². The summed E-state index contributed by atoms with van der Waals surface area (Å²) in [4.78, 5) is -0.247. The van der Waals surface area contributed by atoms with Gasteiger partial charge in [-0.05, 0) is 24.6 Å². The van der Waals surface area contributed by atoms with E-state index in [1.807, 2.05) is 0 Å². The average Bonchev–Trinajstić information content (AvgIpc) is 1.94. The van der Waals surface area contributed by atoms with E-state index in [0.717, 1.165) is 0 Å². The predicted molar refractivity (Wildman–Crippen MR) is 50.3 cm³/mol. The van der Waals surface area contributed by atoms with Crippen LogP contribution in [-0.2, 0) is 10.0 Å². The number of nitrogens with two attached hydrogens (primary N) is 1. The fourth-order valence-electron chi connectivity index (χ4n) is 0.899. The number of hydrogen-bond donors (Lipinski definition) is 1. The first-order chi connectivity index (χ1) is 5.82. The molecule has 0 atom stereocenters. The van der Waals surface area contributed by atoms with Crippen LogP contribution < -0.4 is 10.9 Å². The smallest absolute Gasteiger partial charge is 0.240 e. The minimum atomic E-state index is -3.84.